The summed E-state index contributed by atoms with van der Waals surface area (Å²) in [7, 11) is 3.61. The van der Waals surface area contributed by atoms with Gasteiger partial charge in [0, 0.05) is 18.3 Å². The van der Waals surface area contributed by atoms with Gasteiger partial charge in [-0.3, -0.25) is 4.98 Å². The Labute approximate surface area is 126 Å². The highest BCUT2D eigenvalue weighted by atomic mass is 16.5. The van der Waals surface area contributed by atoms with Gasteiger partial charge in [-0.05, 0) is 42.8 Å². The number of aromatic nitrogens is 1. The van der Waals surface area contributed by atoms with Gasteiger partial charge in [0.2, 0.25) is 0 Å². The zero-order valence-corrected chi connectivity index (χ0v) is 12.8. The third-order valence-corrected chi connectivity index (χ3v) is 3.18. The predicted molar refractivity (Wildman–Crippen MR) is 84.8 cm³/mol. The molecule has 0 aliphatic heterocycles. The smallest absolute Gasteiger partial charge is 0.138 e. The second-order valence-electron chi connectivity index (χ2n) is 4.81. The van der Waals surface area contributed by atoms with Crippen LogP contribution in [0.15, 0.2) is 36.7 Å². The van der Waals surface area contributed by atoms with Gasteiger partial charge in [0.05, 0.1) is 19.9 Å². The number of methoxy groups -OCH3 is 1. The molecule has 0 bridgehead atoms. The standard InChI is InChI=1S/C17H22N2O2/c1-4-7-21-16-9-14(11-19-12-16)17-6-5-15(20-3)8-13(17)10-18-2/h5-6,8-9,11-12,18H,4,7,10H2,1-3H3. The summed E-state index contributed by atoms with van der Waals surface area (Å²) >= 11 is 0. The van der Waals surface area contributed by atoms with Crippen molar-refractivity contribution in [2.75, 3.05) is 20.8 Å². The lowest BCUT2D eigenvalue weighted by molar-refractivity contribution is 0.316. The van der Waals surface area contributed by atoms with E-state index in [1.165, 1.54) is 5.56 Å². The van der Waals surface area contributed by atoms with Crippen molar-refractivity contribution in [3.8, 4) is 22.6 Å². The molecular weight excluding hydrogens is 264 g/mol. The number of nitrogens with one attached hydrogen (secondary N) is 1. The average Bonchev–Trinajstić information content (AvgIpc) is 2.53. The zero-order chi connectivity index (χ0) is 15.1. The van der Waals surface area contributed by atoms with E-state index in [1.807, 2.05) is 31.4 Å². The van der Waals surface area contributed by atoms with Gasteiger partial charge in [-0.15, -0.1) is 0 Å². The Morgan fingerprint density at radius 3 is 2.71 bits per heavy atom. The van der Waals surface area contributed by atoms with Crippen molar-refractivity contribution in [3.63, 3.8) is 0 Å². The molecule has 1 heterocycles. The fourth-order valence-electron chi connectivity index (χ4n) is 2.18. The van der Waals surface area contributed by atoms with Crippen molar-refractivity contribution in [2.45, 2.75) is 19.9 Å². The number of hydrogen-bond donors (Lipinski definition) is 1. The first-order valence-corrected chi connectivity index (χ1v) is 7.18. The quantitative estimate of drug-likeness (QED) is 0.848. The Bertz CT molecular complexity index is 585. The van der Waals surface area contributed by atoms with E-state index < -0.39 is 0 Å². The SMILES string of the molecule is CCCOc1cncc(-c2ccc(OC)cc2CNC)c1. The third-order valence-electron chi connectivity index (χ3n) is 3.18. The molecular formula is C17H22N2O2. The van der Waals surface area contributed by atoms with Gasteiger partial charge in [0.25, 0.3) is 0 Å². The van der Waals surface area contributed by atoms with E-state index in [9.17, 15) is 0 Å². The first-order valence-electron chi connectivity index (χ1n) is 7.18. The fourth-order valence-corrected chi connectivity index (χ4v) is 2.18. The molecule has 0 saturated heterocycles. The summed E-state index contributed by atoms with van der Waals surface area (Å²) in [6, 6.07) is 8.11. The summed E-state index contributed by atoms with van der Waals surface area (Å²) in [5.41, 5.74) is 3.36. The monoisotopic (exact) mass is 286 g/mol. The molecule has 1 N–H and O–H groups in total. The number of hydrogen-bond acceptors (Lipinski definition) is 4. The molecule has 0 aliphatic rings. The topological polar surface area (TPSA) is 43.4 Å². The summed E-state index contributed by atoms with van der Waals surface area (Å²) < 4.78 is 11.0. The van der Waals surface area contributed by atoms with Gasteiger partial charge < -0.3 is 14.8 Å². The van der Waals surface area contributed by atoms with E-state index in [0.717, 1.165) is 35.6 Å². The molecule has 2 aromatic rings. The second kappa shape index (κ2) is 7.64. The highest BCUT2D eigenvalue weighted by Crippen LogP contribution is 2.29. The van der Waals surface area contributed by atoms with Crippen LogP contribution in [0, 0.1) is 0 Å². The zero-order valence-electron chi connectivity index (χ0n) is 12.8. The summed E-state index contributed by atoms with van der Waals surface area (Å²) in [4.78, 5) is 4.28. The maximum atomic E-state index is 5.66. The molecule has 0 saturated carbocycles. The van der Waals surface area contributed by atoms with Crippen molar-refractivity contribution in [1.82, 2.24) is 10.3 Å². The summed E-state index contributed by atoms with van der Waals surface area (Å²) in [5, 5.41) is 3.19. The Hall–Kier alpha value is -2.07. The van der Waals surface area contributed by atoms with Crippen LogP contribution >= 0.6 is 0 Å². The van der Waals surface area contributed by atoms with E-state index in [1.54, 1.807) is 13.3 Å². The molecule has 0 fully saturated rings. The van der Waals surface area contributed by atoms with Crippen LogP contribution in [-0.2, 0) is 6.54 Å². The summed E-state index contributed by atoms with van der Waals surface area (Å²) in [6.45, 7) is 3.56. The Morgan fingerprint density at radius 1 is 1.14 bits per heavy atom. The minimum Gasteiger partial charge on any atom is -0.497 e. The molecule has 4 heteroatoms. The van der Waals surface area contributed by atoms with Crippen molar-refractivity contribution in [2.24, 2.45) is 0 Å². The summed E-state index contributed by atoms with van der Waals surface area (Å²) in [6.07, 6.45) is 4.60. The van der Waals surface area contributed by atoms with Crippen LogP contribution in [0.3, 0.4) is 0 Å². The maximum Gasteiger partial charge on any atom is 0.138 e. The number of benzene rings is 1. The van der Waals surface area contributed by atoms with Crippen molar-refractivity contribution in [1.29, 1.82) is 0 Å². The minimum atomic E-state index is 0.705. The number of rotatable bonds is 7. The lowest BCUT2D eigenvalue weighted by Crippen LogP contribution is -2.07. The molecule has 112 valence electrons. The normalized spacial score (nSPS) is 10.4. The molecule has 0 amide bonds. The van der Waals surface area contributed by atoms with Crippen LogP contribution in [0.5, 0.6) is 11.5 Å². The Balaban J connectivity index is 2.35. The van der Waals surface area contributed by atoms with Crippen molar-refractivity contribution >= 4 is 0 Å². The molecule has 0 spiro atoms. The Morgan fingerprint density at radius 2 is 2.00 bits per heavy atom. The Kier molecular flexibility index (Phi) is 5.58. The lowest BCUT2D eigenvalue weighted by atomic mass is 10.0. The molecule has 0 atom stereocenters. The van der Waals surface area contributed by atoms with Crippen LogP contribution in [0.2, 0.25) is 0 Å². The molecule has 1 aromatic carbocycles. The third kappa shape index (κ3) is 3.95. The molecule has 21 heavy (non-hydrogen) atoms. The number of nitrogens with zero attached hydrogens (tertiary/aromatic N) is 1. The summed E-state index contributed by atoms with van der Waals surface area (Å²) in [5.74, 6) is 1.66. The molecule has 0 radical (unpaired) electrons. The fraction of sp³-hybridized carbons (Fsp3) is 0.353. The minimum absolute atomic E-state index is 0.705. The molecule has 4 nitrogen and oxygen atoms in total. The first-order chi connectivity index (χ1) is 10.3. The largest absolute Gasteiger partial charge is 0.497 e. The van der Waals surface area contributed by atoms with Crippen LogP contribution in [-0.4, -0.2) is 25.7 Å². The molecule has 1 aromatic heterocycles. The lowest BCUT2D eigenvalue weighted by Gasteiger charge is -2.12. The number of ether oxygens (including phenoxy) is 2. The molecule has 0 aliphatic carbocycles. The van der Waals surface area contributed by atoms with E-state index in [4.69, 9.17) is 9.47 Å². The number of pyridine rings is 1. The second-order valence-corrected chi connectivity index (χ2v) is 4.81. The highest BCUT2D eigenvalue weighted by molar-refractivity contribution is 5.68. The van der Waals surface area contributed by atoms with E-state index in [0.29, 0.717) is 6.61 Å². The van der Waals surface area contributed by atoms with Crippen LogP contribution in [0.25, 0.3) is 11.1 Å². The van der Waals surface area contributed by atoms with Crippen LogP contribution in [0.1, 0.15) is 18.9 Å². The van der Waals surface area contributed by atoms with E-state index in [2.05, 4.69) is 23.3 Å². The van der Waals surface area contributed by atoms with Gasteiger partial charge in [-0.25, -0.2) is 0 Å². The van der Waals surface area contributed by atoms with Gasteiger partial charge >= 0.3 is 0 Å². The van der Waals surface area contributed by atoms with Gasteiger partial charge in [-0.1, -0.05) is 13.0 Å². The molecule has 2 rings (SSSR count). The van der Waals surface area contributed by atoms with Crippen LogP contribution in [0.4, 0.5) is 0 Å². The first kappa shape index (κ1) is 15.3. The van der Waals surface area contributed by atoms with Crippen molar-refractivity contribution in [3.05, 3.63) is 42.2 Å². The maximum absolute atomic E-state index is 5.66. The molecule has 0 unspecified atom stereocenters. The van der Waals surface area contributed by atoms with E-state index in [-0.39, 0.29) is 0 Å². The van der Waals surface area contributed by atoms with Crippen LogP contribution < -0.4 is 14.8 Å². The highest BCUT2D eigenvalue weighted by Gasteiger charge is 2.08. The van der Waals surface area contributed by atoms with E-state index >= 15 is 0 Å². The van der Waals surface area contributed by atoms with Gasteiger partial charge in [-0.2, -0.15) is 0 Å². The van der Waals surface area contributed by atoms with Gasteiger partial charge in [0.15, 0.2) is 0 Å². The predicted octanol–water partition coefficient (Wildman–Crippen LogP) is 3.27. The average molecular weight is 286 g/mol. The van der Waals surface area contributed by atoms with Gasteiger partial charge in [0.1, 0.15) is 11.5 Å². The van der Waals surface area contributed by atoms with Crippen molar-refractivity contribution < 1.29 is 9.47 Å².